The van der Waals surface area contributed by atoms with Crippen molar-refractivity contribution in [2.75, 3.05) is 11.1 Å². The third-order valence-electron chi connectivity index (χ3n) is 2.93. The molecule has 0 saturated heterocycles. The zero-order chi connectivity index (χ0) is 15.3. The molecule has 4 nitrogen and oxygen atoms in total. The fourth-order valence-corrected chi connectivity index (χ4v) is 2.55. The minimum absolute atomic E-state index is 0.0387. The fourth-order valence-electron chi connectivity index (χ4n) is 1.78. The summed E-state index contributed by atoms with van der Waals surface area (Å²) in [5.74, 6) is 0.902. The van der Waals surface area contributed by atoms with Crippen molar-refractivity contribution in [1.29, 1.82) is 0 Å². The van der Waals surface area contributed by atoms with Crippen molar-refractivity contribution in [1.82, 2.24) is 15.0 Å². The highest BCUT2D eigenvalue weighted by molar-refractivity contribution is 7.99. The van der Waals surface area contributed by atoms with Crippen LogP contribution in [0.15, 0.2) is 48.0 Å². The minimum Gasteiger partial charge on any atom is -0.378 e. The lowest BCUT2D eigenvalue weighted by atomic mass is 10.1. The van der Waals surface area contributed by atoms with Gasteiger partial charge in [-0.3, -0.25) is 0 Å². The first-order valence-corrected chi connectivity index (χ1v) is 7.97. The van der Waals surface area contributed by atoms with E-state index in [1.165, 1.54) is 4.90 Å². The molecule has 1 heterocycles. The van der Waals surface area contributed by atoms with Gasteiger partial charge in [-0.15, -0.1) is 23.4 Å². The first kappa shape index (κ1) is 15.6. The van der Waals surface area contributed by atoms with Crippen molar-refractivity contribution in [3.63, 3.8) is 0 Å². The Kier molecular flexibility index (Phi) is 5.07. The largest absolute Gasteiger partial charge is 0.378 e. The van der Waals surface area contributed by atoms with Crippen molar-refractivity contribution in [2.45, 2.75) is 37.8 Å². The normalized spacial score (nSPS) is 11.4. The van der Waals surface area contributed by atoms with Crippen LogP contribution in [-0.2, 0) is 12.1 Å². The van der Waals surface area contributed by atoms with E-state index in [-0.39, 0.29) is 5.54 Å². The Morgan fingerprint density at radius 2 is 2.10 bits per heavy atom. The van der Waals surface area contributed by atoms with Gasteiger partial charge in [0.15, 0.2) is 0 Å². The Labute approximate surface area is 130 Å². The average molecular weight is 302 g/mol. The lowest BCUT2D eigenvalue weighted by Crippen LogP contribution is -2.22. The van der Waals surface area contributed by atoms with Crippen LogP contribution in [0.3, 0.4) is 0 Å². The van der Waals surface area contributed by atoms with Crippen LogP contribution in [0.1, 0.15) is 26.5 Å². The topological polar surface area (TPSA) is 42.7 Å². The van der Waals surface area contributed by atoms with Crippen LogP contribution in [0.4, 0.5) is 5.69 Å². The van der Waals surface area contributed by atoms with Gasteiger partial charge in [0.2, 0.25) is 0 Å². The molecule has 5 heteroatoms. The van der Waals surface area contributed by atoms with Crippen molar-refractivity contribution >= 4 is 17.4 Å². The van der Waals surface area contributed by atoms with Gasteiger partial charge >= 0.3 is 0 Å². The van der Waals surface area contributed by atoms with Gasteiger partial charge in [0, 0.05) is 16.3 Å². The predicted octanol–water partition coefficient (Wildman–Crippen LogP) is 3.92. The molecule has 0 amide bonds. The van der Waals surface area contributed by atoms with Gasteiger partial charge in [-0.2, -0.15) is 0 Å². The molecule has 0 aliphatic rings. The summed E-state index contributed by atoms with van der Waals surface area (Å²) in [4.78, 5) is 1.22. The zero-order valence-electron chi connectivity index (χ0n) is 12.8. The number of thioether (sulfide) groups is 1. The molecular formula is C16H22N4S. The number of nitrogens with zero attached hydrogens (tertiary/aromatic N) is 3. The maximum Gasteiger partial charge on any atom is 0.102 e. The van der Waals surface area contributed by atoms with Gasteiger partial charge < -0.3 is 5.32 Å². The molecule has 0 aliphatic carbocycles. The summed E-state index contributed by atoms with van der Waals surface area (Å²) in [5.41, 5.74) is 2.02. The van der Waals surface area contributed by atoms with E-state index < -0.39 is 0 Å². The summed E-state index contributed by atoms with van der Waals surface area (Å²) in [7, 11) is 0. The lowest BCUT2D eigenvalue weighted by molar-refractivity contribution is 0.347. The summed E-state index contributed by atoms with van der Waals surface area (Å²) in [6.07, 6.45) is 3.91. The van der Waals surface area contributed by atoms with E-state index in [1.807, 2.05) is 29.1 Å². The number of anilines is 1. The highest BCUT2D eigenvalue weighted by Gasteiger charge is 2.15. The maximum atomic E-state index is 4.22. The van der Waals surface area contributed by atoms with E-state index >= 15 is 0 Å². The number of para-hydroxylation sites is 1. The number of hydrogen-bond acceptors (Lipinski definition) is 4. The first-order valence-electron chi connectivity index (χ1n) is 6.99. The van der Waals surface area contributed by atoms with Crippen molar-refractivity contribution in [3.8, 4) is 0 Å². The SMILES string of the molecule is C=CCSc1ccccc1NCc1cn(C(C)(C)C)nn1. The number of hydrogen-bond donors (Lipinski definition) is 1. The van der Waals surface area contributed by atoms with E-state index in [4.69, 9.17) is 0 Å². The Morgan fingerprint density at radius 1 is 1.33 bits per heavy atom. The van der Waals surface area contributed by atoms with Crippen LogP contribution in [-0.4, -0.2) is 20.7 Å². The third kappa shape index (κ3) is 4.36. The average Bonchev–Trinajstić information content (AvgIpc) is 2.92. The minimum atomic E-state index is -0.0387. The van der Waals surface area contributed by atoms with E-state index in [0.29, 0.717) is 6.54 Å². The molecule has 1 aromatic carbocycles. The Morgan fingerprint density at radius 3 is 2.76 bits per heavy atom. The van der Waals surface area contributed by atoms with Gasteiger partial charge in [0.25, 0.3) is 0 Å². The van der Waals surface area contributed by atoms with E-state index in [1.54, 1.807) is 11.8 Å². The summed E-state index contributed by atoms with van der Waals surface area (Å²) in [5, 5.41) is 11.8. The van der Waals surface area contributed by atoms with Crippen molar-refractivity contribution < 1.29 is 0 Å². The summed E-state index contributed by atoms with van der Waals surface area (Å²) in [6, 6.07) is 8.28. The van der Waals surface area contributed by atoms with Crippen LogP contribution in [0.25, 0.3) is 0 Å². The summed E-state index contributed by atoms with van der Waals surface area (Å²) in [6.45, 7) is 10.8. The summed E-state index contributed by atoms with van der Waals surface area (Å²) >= 11 is 1.77. The molecule has 112 valence electrons. The second kappa shape index (κ2) is 6.80. The zero-order valence-corrected chi connectivity index (χ0v) is 13.7. The van der Waals surface area contributed by atoms with Crippen LogP contribution >= 0.6 is 11.8 Å². The molecule has 0 bridgehead atoms. The molecule has 0 atom stereocenters. The number of nitrogens with one attached hydrogen (secondary N) is 1. The monoisotopic (exact) mass is 302 g/mol. The van der Waals surface area contributed by atoms with Gasteiger partial charge in [-0.25, -0.2) is 4.68 Å². The Hall–Kier alpha value is -1.75. The molecular weight excluding hydrogens is 280 g/mol. The van der Waals surface area contributed by atoms with E-state index in [9.17, 15) is 0 Å². The molecule has 1 aromatic heterocycles. The van der Waals surface area contributed by atoms with Gasteiger partial charge in [-0.1, -0.05) is 23.4 Å². The second-order valence-corrected chi connectivity index (χ2v) is 6.84. The Balaban J connectivity index is 2.03. The third-order valence-corrected chi connectivity index (χ3v) is 4.00. The molecule has 0 spiro atoms. The quantitative estimate of drug-likeness (QED) is 0.648. The predicted molar refractivity (Wildman–Crippen MR) is 89.7 cm³/mol. The number of rotatable bonds is 6. The molecule has 2 rings (SSSR count). The fraction of sp³-hybridized carbons (Fsp3) is 0.375. The van der Waals surface area contributed by atoms with E-state index in [0.717, 1.165) is 17.1 Å². The molecule has 0 radical (unpaired) electrons. The van der Waals surface area contributed by atoms with Crippen LogP contribution in [0, 0.1) is 0 Å². The van der Waals surface area contributed by atoms with Crippen molar-refractivity contribution in [2.24, 2.45) is 0 Å². The van der Waals surface area contributed by atoms with Gasteiger partial charge in [0.1, 0.15) is 5.69 Å². The van der Waals surface area contributed by atoms with Crippen molar-refractivity contribution in [3.05, 3.63) is 48.8 Å². The molecule has 0 fully saturated rings. The number of benzene rings is 1. The van der Waals surface area contributed by atoms with Crippen LogP contribution in [0.2, 0.25) is 0 Å². The molecule has 0 aliphatic heterocycles. The molecule has 0 saturated carbocycles. The second-order valence-electron chi connectivity index (χ2n) is 5.77. The molecule has 21 heavy (non-hydrogen) atoms. The number of aromatic nitrogens is 3. The van der Waals surface area contributed by atoms with Crippen LogP contribution < -0.4 is 5.32 Å². The van der Waals surface area contributed by atoms with Gasteiger partial charge in [0.05, 0.1) is 18.3 Å². The summed E-state index contributed by atoms with van der Waals surface area (Å²) < 4.78 is 1.89. The van der Waals surface area contributed by atoms with Gasteiger partial charge in [-0.05, 0) is 32.9 Å². The van der Waals surface area contributed by atoms with Crippen LogP contribution in [0.5, 0.6) is 0 Å². The molecule has 1 N–H and O–H groups in total. The lowest BCUT2D eigenvalue weighted by Gasteiger charge is -2.17. The standard InChI is InChI=1S/C16H22N4S/c1-5-10-21-15-9-7-6-8-14(15)17-11-13-12-20(19-18-13)16(2,3)4/h5-9,12,17H,1,10-11H2,2-4H3. The smallest absolute Gasteiger partial charge is 0.102 e. The highest BCUT2D eigenvalue weighted by Crippen LogP contribution is 2.27. The van der Waals surface area contributed by atoms with E-state index in [2.05, 4.69) is 55.1 Å². The first-order chi connectivity index (χ1) is 10.0. The molecule has 2 aromatic rings. The maximum absolute atomic E-state index is 4.22. The Bertz CT molecular complexity index is 598. The highest BCUT2D eigenvalue weighted by atomic mass is 32.2. The molecule has 0 unspecified atom stereocenters.